The van der Waals surface area contributed by atoms with E-state index in [1.165, 1.54) is 0 Å². The topological polar surface area (TPSA) is 88.2 Å². The fourth-order valence-electron chi connectivity index (χ4n) is 3.68. The number of nitrogens with zero attached hydrogens (tertiary/aromatic N) is 2. The van der Waals surface area contributed by atoms with E-state index >= 15 is 0 Å². The van der Waals surface area contributed by atoms with Crippen molar-refractivity contribution in [2.24, 2.45) is 5.41 Å². The molecule has 2 aliphatic rings. The number of rotatable bonds is 2. The van der Waals surface area contributed by atoms with Crippen LogP contribution < -0.4 is 5.32 Å². The summed E-state index contributed by atoms with van der Waals surface area (Å²) < 4.78 is 11.0. The molecule has 3 rings (SSSR count). The number of benzene rings is 1. The van der Waals surface area contributed by atoms with Crippen molar-refractivity contribution < 1.29 is 23.9 Å². The predicted molar refractivity (Wildman–Crippen MR) is 106 cm³/mol. The third-order valence-electron chi connectivity index (χ3n) is 5.00. The summed E-state index contributed by atoms with van der Waals surface area (Å²) >= 11 is 0. The van der Waals surface area contributed by atoms with Gasteiger partial charge in [0.25, 0.3) is 0 Å². The quantitative estimate of drug-likeness (QED) is 0.819. The molecule has 0 bridgehead atoms. The maximum Gasteiger partial charge on any atom is 0.410 e. The van der Waals surface area contributed by atoms with Crippen molar-refractivity contribution in [3.8, 4) is 0 Å². The molecule has 1 spiro atoms. The molecule has 29 heavy (non-hydrogen) atoms. The average molecular weight is 403 g/mol. The first-order valence-electron chi connectivity index (χ1n) is 9.86. The van der Waals surface area contributed by atoms with Gasteiger partial charge in [0.15, 0.2) is 0 Å². The number of carbonyl (C=O) groups excluding carboxylic acids is 3. The largest absolute Gasteiger partial charge is 0.445 e. The highest BCUT2D eigenvalue weighted by atomic mass is 16.6. The molecule has 2 fully saturated rings. The first-order valence-corrected chi connectivity index (χ1v) is 9.86. The third-order valence-corrected chi connectivity index (χ3v) is 5.00. The zero-order valence-corrected chi connectivity index (χ0v) is 17.3. The van der Waals surface area contributed by atoms with Gasteiger partial charge in [0.05, 0.1) is 0 Å². The van der Waals surface area contributed by atoms with Crippen molar-refractivity contribution >= 4 is 18.1 Å². The molecule has 0 aliphatic carbocycles. The van der Waals surface area contributed by atoms with E-state index < -0.39 is 23.2 Å². The molecule has 1 atom stereocenters. The van der Waals surface area contributed by atoms with Gasteiger partial charge < -0.3 is 24.6 Å². The lowest BCUT2D eigenvalue weighted by Crippen LogP contribution is -2.46. The summed E-state index contributed by atoms with van der Waals surface area (Å²) in [6.07, 6.45) is -0.622. The summed E-state index contributed by atoms with van der Waals surface area (Å²) in [7, 11) is 0. The van der Waals surface area contributed by atoms with Gasteiger partial charge in [-0.2, -0.15) is 0 Å². The molecule has 2 aliphatic heterocycles. The fourth-order valence-corrected chi connectivity index (χ4v) is 3.68. The number of carbonyl (C=O) groups is 3. The number of hydrogen-bond acceptors (Lipinski definition) is 5. The van der Waals surface area contributed by atoms with Crippen molar-refractivity contribution in [2.75, 3.05) is 32.7 Å². The van der Waals surface area contributed by atoms with Gasteiger partial charge >= 0.3 is 12.2 Å². The van der Waals surface area contributed by atoms with Crippen molar-refractivity contribution in [3.05, 3.63) is 35.9 Å². The Kier molecular flexibility index (Phi) is 6.00. The Morgan fingerprint density at radius 2 is 1.69 bits per heavy atom. The second-order valence-electron chi connectivity index (χ2n) is 8.82. The third kappa shape index (κ3) is 5.62. The lowest BCUT2D eigenvalue weighted by Gasteiger charge is -2.33. The van der Waals surface area contributed by atoms with E-state index in [0.717, 1.165) is 5.56 Å². The Morgan fingerprint density at radius 3 is 2.24 bits per heavy atom. The van der Waals surface area contributed by atoms with Crippen LogP contribution in [0, 0.1) is 5.41 Å². The molecule has 1 aromatic carbocycles. The fraction of sp³-hybridized carbons (Fsp3) is 0.571. The monoisotopic (exact) mass is 403 g/mol. The van der Waals surface area contributed by atoms with Gasteiger partial charge in [-0.1, -0.05) is 30.3 Å². The molecule has 2 heterocycles. The molecule has 0 unspecified atom stereocenters. The van der Waals surface area contributed by atoms with Crippen LogP contribution in [0.4, 0.5) is 9.59 Å². The molecular formula is C21H29N3O5. The smallest absolute Gasteiger partial charge is 0.410 e. The van der Waals surface area contributed by atoms with Crippen molar-refractivity contribution in [1.82, 2.24) is 15.1 Å². The van der Waals surface area contributed by atoms with Crippen LogP contribution in [0.2, 0.25) is 0 Å². The summed E-state index contributed by atoms with van der Waals surface area (Å²) in [4.78, 5) is 40.5. The van der Waals surface area contributed by atoms with E-state index in [4.69, 9.17) is 9.47 Å². The standard InChI is InChI=1S/C21H29N3O5/c1-20(2,3)29-19(27)24-10-9-23(14-21(15-24)11-17(25)22-13-21)18(26)28-12-16-7-5-4-6-8-16/h4-8H,9-15H2,1-3H3,(H,22,25)/t21-/m0/s1. The van der Waals surface area contributed by atoms with Crippen LogP contribution in [-0.2, 0) is 20.9 Å². The van der Waals surface area contributed by atoms with Gasteiger partial charge in [0.1, 0.15) is 12.2 Å². The van der Waals surface area contributed by atoms with E-state index in [2.05, 4.69) is 5.32 Å². The highest BCUT2D eigenvalue weighted by Crippen LogP contribution is 2.31. The average Bonchev–Trinajstić information content (AvgIpc) is 2.90. The number of hydrogen-bond donors (Lipinski definition) is 1. The molecule has 0 radical (unpaired) electrons. The van der Waals surface area contributed by atoms with Crippen LogP contribution in [0.3, 0.4) is 0 Å². The SMILES string of the molecule is CC(C)(C)OC(=O)N1CCN(C(=O)OCc2ccccc2)C[C@]2(CNC(=O)C2)C1. The minimum absolute atomic E-state index is 0.0753. The molecule has 1 aromatic rings. The van der Waals surface area contributed by atoms with Crippen LogP contribution in [-0.4, -0.2) is 66.2 Å². The van der Waals surface area contributed by atoms with Crippen molar-refractivity contribution in [1.29, 1.82) is 0 Å². The summed E-state index contributed by atoms with van der Waals surface area (Å²) in [6, 6.07) is 9.46. The van der Waals surface area contributed by atoms with Crippen LogP contribution >= 0.6 is 0 Å². The van der Waals surface area contributed by atoms with Crippen molar-refractivity contribution in [2.45, 2.75) is 39.4 Å². The van der Waals surface area contributed by atoms with Crippen LogP contribution in [0.25, 0.3) is 0 Å². The molecular weight excluding hydrogens is 374 g/mol. The van der Waals surface area contributed by atoms with Crippen LogP contribution in [0.1, 0.15) is 32.8 Å². The Balaban J connectivity index is 1.70. The first kappa shape index (κ1) is 21.0. The van der Waals surface area contributed by atoms with Gasteiger partial charge in [-0.25, -0.2) is 9.59 Å². The highest BCUT2D eigenvalue weighted by Gasteiger charge is 2.45. The molecule has 8 nitrogen and oxygen atoms in total. The summed E-state index contributed by atoms with van der Waals surface area (Å²) in [6.45, 7) is 7.37. The zero-order chi connectivity index (χ0) is 21.1. The van der Waals surface area contributed by atoms with Gasteiger partial charge in [-0.05, 0) is 26.3 Å². The van der Waals surface area contributed by atoms with Gasteiger partial charge in [-0.15, -0.1) is 0 Å². The Hall–Kier alpha value is -2.77. The molecule has 158 valence electrons. The highest BCUT2D eigenvalue weighted by molar-refractivity contribution is 5.80. The second-order valence-corrected chi connectivity index (χ2v) is 8.82. The molecule has 0 saturated carbocycles. The number of ether oxygens (including phenoxy) is 2. The minimum atomic E-state index is -0.616. The summed E-state index contributed by atoms with van der Waals surface area (Å²) in [5, 5.41) is 2.84. The van der Waals surface area contributed by atoms with Crippen LogP contribution in [0.15, 0.2) is 30.3 Å². The molecule has 8 heteroatoms. The zero-order valence-electron chi connectivity index (χ0n) is 17.3. The number of nitrogens with one attached hydrogen (secondary N) is 1. The minimum Gasteiger partial charge on any atom is -0.445 e. The first-order chi connectivity index (χ1) is 13.7. The van der Waals surface area contributed by atoms with E-state index in [1.54, 1.807) is 9.80 Å². The lowest BCUT2D eigenvalue weighted by atomic mass is 9.86. The van der Waals surface area contributed by atoms with E-state index in [9.17, 15) is 14.4 Å². The Labute approximate surface area is 171 Å². The normalized spacial score (nSPS) is 22.2. The molecule has 1 N–H and O–H groups in total. The van der Waals surface area contributed by atoms with E-state index in [0.29, 0.717) is 32.7 Å². The predicted octanol–water partition coefficient (Wildman–Crippen LogP) is 2.38. The van der Waals surface area contributed by atoms with Gasteiger partial charge in [0, 0.05) is 44.6 Å². The van der Waals surface area contributed by atoms with E-state index in [1.807, 2.05) is 51.1 Å². The Morgan fingerprint density at radius 1 is 1.07 bits per heavy atom. The molecule has 2 saturated heterocycles. The van der Waals surface area contributed by atoms with Gasteiger partial charge in [-0.3, -0.25) is 4.79 Å². The van der Waals surface area contributed by atoms with Crippen LogP contribution in [0.5, 0.6) is 0 Å². The molecule has 0 aromatic heterocycles. The van der Waals surface area contributed by atoms with Gasteiger partial charge in [0.2, 0.25) is 5.91 Å². The van der Waals surface area contributed by atoms with Crippen molar-refractivity contribution in [3.63, 3.8) is 0 Å². The maximum absolute atomic E-state index is 12.7. The molecule has 3 amide bonds. The summed E-state index contributed by atoms with van der Waals surface area (Å²) in [5.74, 6) is -0.0753. The maximum atomic E-state index is 12.7. The lowest BCUT2D eigenvalue weighted by molar-refractivity contribution is -0.119. The second kappa shape index (κ2) is 8.31. The Bertz CT molecular complexity index is 761. The summed E-state index contributed by atoms with van der Waals surface area (Å²) in [5.41, 5.74) is -0.260. The van der Waals surface area contributed by atoms with E-state index in [-0.39, 0.29) is 18.9 Å². The number of amides is 3.